The Morgan fingerprint density at radius 3 is 2.24 bits per heavy atom. The van der Waals surface area contributed by atoms with Gasteiger partial charge < -0.3 is 4.42 Å². The number of halogens is 1. The molecule has 1 saturated carbocycles. The minimum absolute atomic E-state index is 0.121. The first-order valence-corrected chi connectivity index (χ1v) is 17.5. The van der Waals surface area contributed by atoms with Crippen LogP contribution < -0.4 is 9.75 Å². The van der Waals surface area contributed by atoms with Crippen LogP contribution in [0.4, 0.5) is 4.39 Å². The third kappa shape index (κ3) is 4.19. The summed E-state index contributed by atoms with van der Waals surface area (Å²) in [6.45, 7) is 8.77. The summed E-state index contributed by atoms with van der Waals surface area (Å²) in [6, 6.07) is 21.3. The summed E-state index contributed by atoms with van der Waals surface area (Å²) in [6.07, 6.45) is 8.52. The Hall–Kier alpha value is -3.24. The largest absolute Gasteiger partial charge is 0.454 e. The lowest BCUT2D eigenvalue weighted by Gasteiger charge is -2.22. The molecule has 2 heterocycles. The van der Waals surface area contributed by atoms with Gasteiger partial charge in [0.15, 0.2) is 6.20 Å². The number of hydrogen-bond acceptors (Lipinski definition) is 1. The molecule has 0 saturated heterocycles. The molecule has 2 nitrogen and oxygen atoms in total. The summed E-state index contributed by atoms with van der Waals surface area (Å²) in [5.41, 5.74) is 7.65. The number of aromatic nitrogens is 1. The van der Waals surface area contributed by atoms with E-state index < -0.39 is 8.07 Å². The van der Waals surface area contributed by atoms with E-state index in [2.05, 4.69) is 99.0 Å². The van der Waals surface area contributed by atoms with Crippen LogP contribution >= 0.6 is 0 Å². The molecule has 194 valence electrons. The van der Waals surface area contributed by atoms with Gasteiger partial charge in [-0.2, -0.15) is 0 Å². The van der Waals surface area contributed by atoms with Crippen LogP contribution in [-0.4, -0.2) is 8.07 Å². The number of hydrogen-bond donors (Lipinski definition) is 0. The average molecular weight is 523 g/mol. The normalized spacial score (nSPS) is 15.0. The number of fused-ring (bicyclic) bond motifs is 3. The molecule has 38 heavy (non-hydrogen) atoms. The van der Waals surface area contributed by atoms with Crippen LogP contribution in [0.5, 0.6) is 0 Å². The van der Waals surface area contributed by atoms with Crippen molar-refractivity contribution in [1.29, 1.82) is 0 Å². The Balaban J connectivity index is 1.63. The lowest BCUT2D eigenvalue weighted by molar-refractivity contribution is -0.660. The van der Waals surface area contributed by atoms with Gasteiger partial charge in [0.05, 0.1) is 19.2 Å². The van der Waals surface area contributed by atoms with E-state index >= 15 is 4.39 Å². The first-order chi connectivity index (χ1) is 18.2. The average Bonchev–Trinajstić information content (AvgIpc) is 3.27. The van der Waals surface area contributed by atoms with Crippen LogP contribution in [0.2, 0.25) is 19.6 Å². The quantitative estimate of drug-likeness (QED) is 0.170. The van der Waals surface area contributed by atoms with Gasteiger partial charge in [-0.3, -0.25) is 0 Å². The molecule has 0 radical (unpaired) electrons. The second kappa shape index (κ2) is 9.50. The molecular formula is C34H37FNOSi+. The highest BCUT2D eigenvalue weighted by Crippen LogP contribution is 2.42. The minimum Gasteiger partial charge on any atom is -0.454 e. The van der Waals surface area contributed by atoms with Crippen molar-refractivity contribution in [2.75, 3.05) is 0 Å². The number of benzene rings is 3. The molecule has 1 aliphatic carbocycles. The standard InChI is InChI=1S/C34H37FNOSi/c1-22-14-19-26-27-21-29(38(3,4)5)32(35)31(25-17-15-24(16-18-25)23-11-7-6-8-12-23)34(27)37-33(26)30(22)28-13-9-10-20-36(28)2/h9-10,13-21,23H,6-8,11-12H2,1-5H3/q+1. The molecule has 0 aliphatic heterocycles. The van der Waals surface area contributed by atoms with Crippen LogP contribution in [0.1, 0.15) is 49.1 Å². The van der Waals surface area contributed by atoms with Gasteiger partial charge in [-0.1, -0.05) is 75.3 Å². The number of nitrogens with zero attached hydrogens (tertiary/aromatic N) is 1. The van der Waals surface area contributed by atoms with E-state index in [1.807, 2.05) is 6.07 Å². The van der Waals surface area contributed by atoms with E-state index in [0.29, 0.717) is 17.1 Å². The molecule has 1 aliphatic rings. The maximum atomic E-state index is 16.5. The van der Waals surface area contributed by atoms with Gasteiger partial charge in [0.2, 0.25) is 5.69 Å². The SMILES string of the molecule is Cc1ccc2c(oc3c(-c4ccc(C5CCCCC5)cc4)c(F)c([Si](C)(C)C)cc32)c1-c1cccc[n+]1C. The van der Waals surface area contributed by atoms with Crippen LogP contribution in [0.15, 0.2) is 71.3 Å². The summed E-state index contributed by atoms with van der Waals surface area (Å²) in [4.78, 5) is 0. The molecule has 0 N–H and O–H groups in total. The van der Waals surface area contributed by atoms with E-state index in [1.54, 1.807) is 0 Å². The lowest BCUT2D eigenvalue weighted by atomic mass is 9.83. The van der Waals surface area contributed by atoms with Gasteiger partial charge in [-0.15, -0.1) is 0 Å². The fraction of sp³-hybridized carbons (Fsp3) is 0.324. The second-order valence-electron chi connectivity index (χ2n) is 12.1. The Morgan fingerprint density at radius 2 is 1.55 bits per heavy atom. The van der Waals surface area contributed by atoms with Crippen molar-refractivity contribution in [1.82, 2.24) is 0 Å². The predicted octanol–water partition coefficient (Wildman–Crippen LogP) is 8.78. The maximum Gasteiger partial charge on any atom is 0.216 e. The third-order valence-corrected chi connectivity index (χ3v) is 10.5. The highest BCUT2D eigenvalue weighted by molar-refractivity contribution is 6.89. The smallest absolute Gasteiger partial charge is 0.216 e. The second-order valence-corrected chi connectivity index (χ2v) is 17.2. The van der Waals surface area contributed by atoms with Crippen molar-refractivity contribution in [3.63, 3.8) is 0 Å². The van der Waals surface area contributed by atoms with Crippen molar-refractivity contribution >= 4 is 35.2 Å². The fourth-order valence-electron chi connectivity index (χ4n) is 6.31. The van der Waals surface area contributed by atoms with Crippen LogP contribution in [0.25, 0.3) is 44.3 Å². The zero-order valence-corrected chi connectivity index (χ0v) is 24.2. The molecule has 4 heteroatoms. The van der Waals surface area contributed by atoms with E-state index in [4.69, 9.17) is 4.42 Å². The molecule has 0 atom stereocenters. The zero-order chi connectivity index (χ0) is 26.6. The maximum absolute atomic E-state index is 16.5. The first kappa shape index (κ1) is 25.1. The van der Waals surface area contributed by atoms with Crippen molar-refractivity contribution in [2.45, 2.75) is 64.6 Å². The van der Waals surface area contributed by atoms with Gasteiger partial charge in [-0.05, 0) is 59.7 Å². The zero-order valence-electron chi connectivity index (χ0n) is 23.2. The van der Waals surface area contributed by atoms with Crippen molar-refractivity contribution in [3.8, 4) is 22.4 Å². The molecule has 1 fully saturated rings. The monoisotopic (exact) mass is 522 g/mol. The molecule has 0 amide bonds. The van der Waals surface area contributed by atoms with Gasteiger partial charge >= 0.3 is 0 Å². The fourth-order valence-corrected chi connectivity index (χ4v) is 7.67. The Labute approximate surface area is 226 Å². The highest BCUT2D eigenvalue weighted by atomic mass is 28.3. The molecule has 6 rings (SSSR count). The minimum atomic E-state index is -1.98. The van der Waals surface area contributed by atoms with Crippen LogP contribution in [-0.2, 0) is 7.05 Å². The van der Waals surface area contributed by atoms with E-state index in [9.17, 15) is 0 Å². The van der Waals surface area contributed by atoms with E-state index in [0.717, 1.165) is 43.9 Å². The molecule has 0 bridgehead atoms. The number of aryl methyl sites for hydroxylation is 2. The van der Waals surface area contributed by atoms with Crippen molar-refractivity contribution in [2.24, 2.45) is 7.05 Å². The summed E-state index contributed by atoms with van der Waals surface area (Å²) >= 11 is 0. The highest BCUT2D eigenvalue weighted by Gasteiger charge is 2.29. The van der Waals surface area contributed by atoms with Crippen LogP contribution in [0.3, 0.4) is 0 Å². The Morgan fingerprint density at radius 1 is 0.842 bits per heavy atom. The molecule has 3 aromatic carbocycles. The lowest BCUT2D eigenvalue weighted by Crippen LogP contribution is -2.40. The topological polar surface area (TPSA) is 17.0 Å². The first-order valence-electron chi connectivity index (χ1n) is 14.0. The Bertz CT molecular complexity index is 1650. The number of pyridine rings is 1. The summed E-state index contributed by atoms with van der Waals surface area (Å²) in [5.74, 6) is 0.504. The summed E-state index contributed by atoms with van der Waals surface area (Å²) in [5, 5.41) is 2.90. The van der Waals surface area contributed by atoms with Gasteiger partial charge in [0.1, 0.15) is 24.0 Å². The molecule has 2 aromatic heterocycles. The summed E-state index contributed by atoms with van der Waals surface area (Å²) < 4.78 is 25.3. The van der Waals surface area contributed by atoms with Gasteiger partial charge in [-0.25, -0.2) is 8.96 Å². The molecule has 0 spiro atoms. The van der Waals surface area contributed by atoms with E-state index in [-0.39, 0.29) is 5.82 Å². The molecule has 5 aromatic rings. The molecule has 0 unspecified atom stereocenters. The summed E-state index contributed by atoms with van der Waals surface area (Å²) in [7, 11) is 0.0781. The predicted molar refractivity (Wildman–Crippen MR) is 159 cm³/mol. The van der Waals surface area contributed by atoms with Gasteiger partial charge in [0.25, 0.3) is 0 Å². The van der Waals surface area contributed by atoms with Crippen molar-refractivity contribution < 1.29 is 13.4 Å². The van der Waals surface area contributed by atoms with E-state index in [1.165, 1.54) is 37.7 Å². The van der Waals surface area contributed by atoms with Gasteiger partial charge in [0, 0.05) is 22.9 Å². The number of furan rings is 1. The van der Waals surface area contributed by atoms with Crippen molar-refractivity contribution in [3.05, 3.63) is 83.8 Å². The van der Waals surface area contributed by atoms with Crippen LogP contribution in [0, 0.1) is 12.7 Å². The molecular weight excluding hydrogens is 485 g/mol. The number of rotatable bonds is 4. The third-order valence-electron chi connectivity index (χ3n) is 8.47. The Kier molecular flexibility index (Phi) is 6.26.